The summed E-state index contributed by atoms with van der Waals surface area (Å²) in [5.74, 6) is 0.129. The zero-order chi connectivity index (χ0) is 26.0. The van der Waals surface area contributed by atoms with Gasteiger partial charge in [-0.15, -0.1) is 0 Å². The molecular weight excluding hydrogens is 473 g/mol. The molecule has 0 radical (unpaired) electrons. The highest BCUT2D eigenvalue weighted by atomic mass is 19.1. The van der Waals surface area contributed by atoms with E-state index >= 15 is 0 Å². The van der Waals surface area contributed by atoms with Crippen molar-refractivity contribution in [3.05, 3.63) is 95.2 Å². The highest BCUT2D eigenvalue weighted by Crippen LogP contribution is 2.16. The maximum Gasteiger partial charge on any atom is 0.257 e. The van der Waals surface area contributed by atoms with E-state index in [0.717, 1.165) is 31.0 Å². The molecule has 3 aromatic rings. The van der Waals surface area contributed by atoms with Crippen LogP contribution in [0.25, 0.3) is 0 Å². The molecule has 1 aromatic heterocycles. The molecule has 2 heterocycles. The molecule has 196 valence electrons. The lowest BCUT2D eigenvalue weighted by molar-refractivity contribution is -0.133. The molecule has 37 heavy (non-hydrogen) atoms. The van der Waals surface area contributed by atoms with Gasteiger partial charge >= 0.3 is 0 Å². The van der Waals surface area contributed by atoms with Crippen LogP contribution in [-0.4, -0.2) is 72.5 Å². The van der Waals surface area contributed by atoms with Crippen molar-refractivity contribution in [2.45, 2.75) is 26.4 Å². The van der Waals surface area contributed by atoms with Crippen molar-refractivity contribution in [2.24, 2.45) is 0 Å². The average molecular weight is 508 g/mol. The summed E-state index contributed by atoms with van der Waals surface area (Å²) >= 11 is 0. The second kappa shape index (κ2) is 13.2. The van der Waals surface area contributed by atoms with E-state index in [1.165, 1.54) is 17.0 Å². The number of nitrogens with zero attached hydrogens (tertiary/aromatic N) is 3. The molecule has 0 bridgehead atoms. The third kappa shape index (κ3) is 7.74. The molecular formula is C29H34FN3O4. The highest BCUT2D eigenvalue weighted by molar-refractivity contribution is 5.96. The highest BCUT2D eigenvalue weighted by Gasteiger charge is 2.25. The number of aryl methyl sites for hydroxylation is 1. The molecule has 8 heteroatoms. The Kier molecular flexibility index (Phi) is 9.46. The molecule has 0 unspecified atom stereocenters. The van der Waals surface area contributed by atoms with Crippen molar-refractivity contribution in [1.82, 2.24) is 14.7 Å². The Bertz CT molecular complexity index is 1160. The fourth-order valence-electron chi connectivity index (χ4n) is 4.42. The molecule has 1 fully saturated rings. The topological polar surface area (TPSA) is 66.2 Å². The smallest absolute Gasteiger partial charge is 0.257 e. The van der Waals surface area contributed by atoms with Crippen LogP contribution >= 0.6 is 0 Å². The summed E-state index contributed by atoms with van der Waals surface area (Å²) < 4.78 is 25.6. The number of carbonyl (C=O) groups is 2. The summed E-state index contributed by atoms with van der Waals surface area (Å²) in [7, 11) is 0. The predicted molar refractivity (Wildman–Crippen MR) is 138 cm³/mol. The molecule has 2 amide bonds. The zero-order valence-electron chi connectivity index (χ0n) is 21.3. The number of furan rings is 1. The molecule has 7 nitrogen and oxygen atoms in total. The van der Waals surface area contributed by atoms with Gasteiger partial charge in [0.05, 0.1) is 25.3 Å². The number of benzene rings is 2. The van der Waals surface area contributed by atoms with Crippen LogP contribution in [0.4, 0.5) is 4.39 Å². The fraction of sp³-hybridized carbons (Fsp3) is 0.379. The lowest BCUT2D eigenvalue weighted by Gasteiger charge is -2.30. The van der Waals surface area contributed by atoms with Crippen molar-refractivity contribution in [2.75, 3.05) is 45.9 Å². The number of carbonyl (C=O) groups excluding carboxylic acids is 2. The first-order valence-electron chi connectivity index (χ1n) is 12.7. The van der Waals surface area contributed by atoms with Gasteiger partial charge in [0.2, 0.25) is 5.91 Å². The van der Waals surface area contributed by atoms with Gasteiger partial charge in [-0.05, 0) is 43.2 Å². The summed E-state index contributed by atoms with van der Waals surface area (Å²) in [5.41, 5.74) is 0.941. The summed E-state index contributed by atoms with van der Waals surface area (Å²) in [4.78, 5) is 32.4. The Labute approximate surface area is 217 Å². The van der Waals surface area contributed by atoms with Crippen LogP contribution in [0.15, 0.2) is 71.1 Å². The quantitative estimate of drug-likeness (QED) is 0.391. The second-order valence-corrected chi connectivity index (χ2v) is 9.26. The van der Waals surface area contributed by atoms with E-state index < -0.39 is 11.7 Å². The van der Waals surface area contributed by atoms with Crippen molar-refractivity contribution < 1.29 is 23.1 Å². The first kappa shape index (κ1) is 26.6. The third-order valence-corrected chi connectivity index (χ3v) is 6.44. The molecule has 4 rings (SSSR count). The van der Waals surface area contributed by atoms with E-state index in [1.807, 2.05) is 49.4 Å². The van der Waals surface area contributed by atoms with Gasteiger partial charge in [-0.3, -0.25) is 14.5 Å². The lowest BCUT2D eigenvalue weighted by atomic mass is 10.1. The number of rotatable bonds is 11. The maximum absolute atomic E-state index is 14.5. The van der Waals surface area contributed by atoms with Crippen LogP contribution in [0, 0.1) is 12.7 Å². The van der Waals surface area contributed by atoms with E-state index in [9.17, 15) is 14.0 Å². The summed E-state index contributed by atoms with van der Waals surface area (Å²) in [6, 6.07) is 19.3. The molecule has 1 aliphatic heterocycles. The normalized spacial score (nSPS) is 13.9. The first-order chi connectivity index (χ1) is 18.0. The fourth-order valence-corrected chi connectivity index (χ4v) is 4.42. The minimum Gasteiger partial charge on any atom is -0.464 e. The maximum atomic E-state index is 14.5. The molecule has 0 N–H and O–H groups in total. The molecule has 2 aromatic carbocycles. The second-order valence-electron chi connectivity index (χ2n) is 9.26. The number of hydrogen-bond acceptors (Lipinski definition) is 5. The van der Waals surface area contributed by atoms with Crippen molar-refractivity contribution in [1.29, 1.82) is 0 Å². The first-order valence-corrected chi connectivity index (χ1v) is 12.7. The Hall–Kier alpha value is -3.49. The Morgan fingerprint density at radius 3 is 2.35 bits per heavy atom. The van der Waals surface area contributed by atoms with Crippen molar-refractivity contribution in [3.63, 3.8) is 0 Å². The van der Waals surface area contributed by atoms with Crippen molar-refractivity contribution >= 4 is 11.8 Å². The minimum atomic E-state index is -0.592. The van der Waals surface area contributed by atoms with Gasteiger partial charge in [0.25, 0.3) is 5.91 Å². The van der Waals surface area contributed by atoms with Gasteiger partial charge in [-0.25, -0.2) is 4.39 Å². The van der Waals surface area contributed by atoms with E-state index in [2.05, 4.69) is 4.90 Å². The molecule has 1 saturated heterocycles. The number of ether oxygens (including phenoxy) is 1. The Balaban J connectivity index is 1.50. The predicted octanol–water partition coefficient (Wildman–Crippen LogP) is 4.12. The SMILES string of the molecule is Cc1ccc(CN(Cc2ccccc2)C(=O)CN(CCCN2CCOCC2)C(=O)c2ccccc2F)o1. The van der Waals surface area contributed by atoms with Gasteiger partial charge in [0.15, 0.2) is 0 Å². The summed E-state index contributed by atoms with van der Waals surface area (Å²) in [6.45, 7) is 6.54. The van der Waals surface area contributed by atoms with Gasteiger partial charge in [-0.1, -0.05) is 42.5 Å². The monoisotopic (exact) mass is 507 g/mol. The van der Waals surface area contributed by atoms with E-state index in [1.54, 1.807) is 17.0 Å². The summed E-state index contributed by atoms with van der Waals surface area (Å²) in [5, 5.41) is 0. The molecule has 1 aliphatic rings. The molecule has 0 aliphatic carbocycles. The van der Waals surface area contributed by atoms with E-state index in [-0.39, 0.29) is 24.6 Å². The van der Waals surface area contributed by atoms with Crippen LogP contribution in [0.5, 0.6) is 0 Å². The standard InChI is InChI=1S/C29H34FN3O4/c1-23-12-13-25(37-23)21-33(20-24-8-3-2-4-9-24)28(34)22-32(15-7-14-31-16-18-36-19-17-31)29(35)26-10-5-6-11-27(26)30/h2-6,8-13H,7,14-22H2,1H3. The number of morpholine rings is 1. The minimum absolute atomic E-state index is 0.0297. The molecule has 0 atom stereocenters. The van der Waals surface area contributed by atoms with E-state index in [0.29, 0.717) is 38.5 Å². The van der Waals surface area contributed by atoms with Crippen LogP contribution < -0.4 is 0 Å². The van der Waals surface area contributed by atoms with Crippen LogP contribution in [0.2, 0.25) is 0 Å². The number of hydrogen-bond donors (Lipinski definition) is 0. The van der Waals surface area contributed by atoms with Gasteiger partial charge in [-0.2, -0.15) is 0 Å². The van der Waals surface area contributed by atoms with Gasteiger partial charge in [0, 0.05) is 32.7 Å². The number of amides is 2. The Morgan fingerprint density at radius 1 is 0.919 bits per heavy atom. The van der Waals surface area contributed by atoms with Gasteiger partial charge < -0.3 is 19.0 Å². The third-order valence-electron chi connectivity index (χ3n) is 6.44. The van der Waals surface area contributed by atoms with Crippen LogP contribution in [0.3, 0.4) is 0 Å². The lowest BCUT2D eigenvalue weighted by Crippen LogP contribution is -2.44. The van der Waals surface area contributed by atoms with Crippen LogP contribution in [0.1, 0.15) is 33.9 Å². The van der Waals surface area contributed by atoms with E-state index in [4.69, 9.17) is 9.15 Å². The van der Waals surface area contributed by atoms with Crippen LogP contribution in [-0.2, 0) is 22.6 Å². The largest absolute Gasteiger partial charge is 0.464 e. The van der Waals surface area contributed by atoms with Gasteiger partial charge in [0.1, 0.15) is 23.9 Å². The zero-order valence-corrected chi connectivity index (χ0v) is 21.3. The molecule has 0 saturated carbocycles. The molecule has 0 spiro atoms. The average Bonchev–Trinajstić information content (AvgIpc) is 3.33. The van der Waals surface area contributed by atoms with Crippen molar-refractivity contribution in [3.8, 4) is 0 Å². The Morgan fingerprint density at radius 2 is 1.65 bits per heavy atom. The summed E-state index contributed by atoms with van der Waals surface area (Å²) in [6.07, 6.45) is 0.670. The number of halogens is 1.